The van der Waals surface area contributed by atoms with Crippen molar-refractivity contribution < 1.29 is 10.2 Å². The van der Waals surface area contributed by atoms with Crippen molar-refractivity contribution in [3.8, 4) is 0 Å². The number of nitrogens with one attached hydrogen (secondary N) is 1. The largest absolute Gasteiger partial charge is 0.393 e. The summed E-state index contributed by atoms with van der Waals surface area (Å²) in [5.41, 5.74) is 0. The number of hydrogen-bond donors (Lipinski definition) is 3. The lowest BCUT2D eigenvalue weighted by atomic mass is 9.86. The van der Waals surface area contributed by atoms with Gasteiger partial charge in [-0.05, 0) is 38.6 Å². The maximum atomic E-state index is 9.38. The summed E-state index contributed by atoms with van der Waals surface area (Å²) in [5, 5.41) is 21.4. The molecule has 1 saturated carbocycles. The molecule has 0 heterocycles. The molecule has 0 aromatic carbocycles. The van der Waals surface area contributed by atoms with Gasteiger partial charge in [-0.3, -0.25) is 5.32 Å². The highest BCUT2D eigenvalue weighted by atomic mass is 16.3. The molecule has 66 valence electrons. The molecule has 1 aliphatic rings. The van der Waals surface area contributed by atoms with Crippen molar-refractivity contribution in [2.45, 2.75) is 38.0 Å². The van der Waals surface area contributed by atoms with Crippen LogP contribution in [0.4, 0.5) is 0 Å². The van der Waals surface area contributed by atoms with E-state index in [1.165, 1.54) is 0 Å². The van der Waals surface area contributed by atoms with E-state index in [0.717, 1.165) is 25.7 Å². The Bertz CT molecular complexity index is 111. The summed E-state index contributed by atoms with van der Waals surface area (Å²) in [5.74, 6) is 0.336. The zero-order chi connectivity index (χ0) is 8.27. The third kappa shape index (κ3) is 2.43. The first-order valence-corrected chi connectivity index (χ1v) is 4.27. The molecule has 1 aliphatic carbocycles. The van der Waals surface area contributed by atoms with Gasteiger partial charge in [0, 0.05) is 0 Å². The quantitative estimate of drug-likeness (QED) is 0.500. The highest BCUT2D eigenvalue weighted by Gasteiger charge is 2.23. The van der Waals surface area contributed by atoms with E-state index in [4.69, 9.17) is 0 Å². The van der Waals surface area contributed by atoms with E-state index in [0.29, 0.717) is 5.92 Å². The summed E-state index contributed by atoms with van der Waals surface area (Å²) in [7, 11) is 1.76. The first kappa shape index (κ1) is 8.97. The molecule has 0 amide bonds. The maximum Gasteiger partial charge on any atom is 0.107 e. The Labute approximate surface area is 67.4 Å². The Hall–Kier alpha value is -0.120. The van der Waals surface area contributed by atoms with Gasteiger partial charge in [0.2, 0.25) is 0 Å². The SMILES string of the molecule is CNC(O)C1CCC(O)CC1. The van der Waals surface area contributed by atoms with Crippen molar-refractivity contribution in [1.29, 1.82) is 0 Å². The molecule has 0 bridgehead atoms. The van der Waals surface area contributed by atoms with Crippen LogP contribution in [0.5, 0.6) is 0 Å². The second kappa shape index (κ2) is 4.04. The van der Waals surface area contributed by atoms with Crippen molar-refractivity contribution in [3.05, 3.63) is 0 Å². The smallest absolute Gasteiger partial charge is 0.107 e. The van der Waals surface area contributed by atoms with E-state index in [2.05, 4.69) is 5.32 Å². The molecule has 3 nitrogen and oxygen atoms in total. The fourth-order valence-corrected chi connectivity index (χ4v) is 1.65. The van der Waals surface area contributed by atoms with E-state index < -0.39 is 0 Å². The predicted octanol–water partition coefficient (Wildman–Crippen LogP) is 0.0753. The lowest BCUT2D eigenvalue weighted by Crippen LogP contribution is -2.36. The average molecular weight is 159 g/mol. The highest BCUT2D eigenvalue weighted by molar-refractivity contribution is 4.74. The number of rotatable bonds is 2. The van der Waals surface area contributed by atoms with Gasteiger partial charge in [-0.1, -0.05) is 0 Å². The van der Waals surface area contributed by atoms with Gasteiger partial charge in [-0.15, -0.1) is 0 Å². The van der Waals surface area contributed by atoms with Crippen LogP contribution < -0.4 is 5.32 Å². The predicted molar refractivity (Wildman–Crippen MR) is 43.0 cm³/mol. The van der Waals surface area contributed by atoms with E-state index in [-0.39, 0.29) is 12.3 Å². The molecule has 1 fully saturated rings. The Balaban J connectivity index is 2.27. The molecule has 11 heavy (non-hydrogen) atoms. The van der Waals surface area contributed by atoms with Crippen LogP contribution in [-0.2, 0) is 0 Å². The summed E-state index contributed by atoms with van der Waals surface area (Å²) in [6.45, 7) is 0. The minimum atomic E-state index is -0.387. The maximum absolute atomic E-state index is 9.38. The van der Waals surface area contributed by atoms with Crippen LogP contribution in [0.1, 0.15) is 25.7 Å². The minimum absolute atomic E-state index is 0.129. The van der Waals surface area contributed by atoms with Crippen LogP contribution in [0.25, 0.3) is 0 Å². The average Bonchev–Trinajstić information content (AvgIpc) is 2.05. The molecule has 0 aliphatic heterocycles. The molecule has 0 radical (unpaired) electrons. The van der Waals surface area contributed by atoms with Crippen LogP contribution in [0.2, 0.25) is 0 Å². The lowest BCUT2D eigenvalue weighted by molar-refractivity contribution is 0.0282. The second-order valence-corrected chi connectivity index (χ2v) is 3.30. The zero-order valence-corrected chi connectivity index (χ0v) is 6.95. The van der Waals surface area contributed by atoms with Gasteiger partial charge >= 0.3 is 0 Å². The van der Waals surface area contributed by atoms with Crippen molar-refractivity contribution in [1.82, 2.24) is 5.32 Å². The monoisotopic (exact) mass is 159 g/mol. The summed E-state index contributed by atoms with van der Waals surface area (Å²) in [4.78, 5) is 0. The first-order chi connectivity index (χ1) is 5.24. The molecule has 1 rings (SSSR count). The summed E-state index contributed by atoms with van der Waals surface area (Å²) in [6.07, 6.45) is 3.02. The number of aliphatic hydroxyl groups is 2. The van der Waals surface area contributed by atoms with Crippen molar-refractivity contribution >= 4 is 0 Å². The van der Waals surface area contributed by atoms with Gasteiger partial charge in [0.15, 0.2) is 0 Å². The van der Waals surface area contributed by atoms with Gasteiger partial charge in [0.1, 0.15) is 6.23 Å². The third-order valence-corrected chi connectivity index (χ3v) is 2.48. The molecule has 0 saturated heterocycles. The fourth-order valence-electron chi connectivity index (χ4n) is 1.65. The Morgan fingerprint density at radius 2 is 1.82 bits per heavy atom. The fraction of sp³-hybridized carbons (Fsp3) is 1.00. The highest BCUT2D eigenvalue weighted by Crippen LogP contribution is 2.25. The van der Waals surface area contributed by atoms with Crippen molar-refractivity contribution in [2.75, 3.05) is 7.05 Å². The number of hydrogen-bond acceptors (Lipinski definition) is 3. The Morgan fingerprint density at radius 1 is 1.27 bits per heavy atom. The van der Waals surface area contributed by atoms with E-state index >= 15 is 0 Å². The standard InChI is InChI=1S/C8H17NO2/c1-9-8(11)6-2-4-7(10)5-3-6/h6-11H,2-5H2,1H3. The van der Waals surface area contributed by atoms with Crippen LogP contribution in [0.3, 0.4) is 0 Å². The van der Waals surface area contributed by atoms with Gasteiger partial charge in [-0.25, -0.2) is 0 Å². The summed E-state index contributed by atoms with van der Waals surface area (Å²) < 4.78 is 0. The second-order valence-electron chi connectivity index (χ2n) is 3.30. The molecule has 1 atom stereocenters. The van der Waals surface area contributed by atoms with Crippen LogP contribution in [0.15, 0.2) is 0 Å². The summed E-state index contributed by atoms with van der Waals surface area (Å²) in [6, 6.07) is 0. The lowest BCUT2D eigenvalue weighted by Gasteiger charge is -2.28. The molecular formula is C8H17NO2. The van der Waals surface area contributed by atoms with Gasteiger partial charge in [-0.2, -0.15) is 0 Å². The van der Waals surface area contributed by atoms with E-state index in [9.17, 15) is 10.2 Å². The molecule has 1 unspecified atom stereocenters. The van der Waals surface area contributed by atoms with Crippen molar-refractivity contribution in [2.24, 2.45) is 5.92 Å². The van der Waals surface area contributed by atoms with E-state index in [1.54, 1.807) is 7.05 Å². The van der Waals surface area contributed by atoms with Crippen LogP contribution in [-0.4, -0.2) is 29.6 Å². The van der Waals surface area contributed by atoms with Crippen LogP contribution in [0, 0.1) is 5.92 Å². The van der Waals surface area contributed by atoms with E-state index in [1.807, 2.05) is 0 Å². The van der Waals surface area contributed by atoms with Gasteiger partial charge in [0.05, 0.1) is 6.10 Å². The molecule has 0 aromatic rings. The van der Waals surface area contributed by atoms with Gasteiger partial charge < -0.3 is 10.2 Å². The third-order valence-electron chi connectivity index (χ3n) is 2.48. The summed E-state index contributed by atoms with van der Waals surface area (Å²) >= 11 is 0. The Kier molecular flexibility index (Phi) is 3.30. The normalized spacial score (nSPS) is 35.2. The molecular weight excluding hydrogens is 142 g/mol. The molecule has 0 aromatic heterocycles. The molecule has 0 spiro atoms. The van der Waals surface area contributed by atoms with Gasteiger partial charge in [0.25, 0.3) is 0 Å². The zero-order valence-electron chi connectivity index (χ0n) is 6.95. The Morgan fingerprint density at radius 3 is 2.27 bits per heavy atom. The topological polar surface area (TPSA) is 52.5 Å². The van der Waals surface area contributed by atoms with Crippen LogP contribution >= 0.6 is 0 Å². The molecule has 3 N–H and O–H groups in total. The first-order valence-electron chi connectivity index (χ1n) is 4.27. The molecule has 3 heteroatoms. The minimum Gasteiger partial charge on any atom is -0.393 e. The van der Waals surface area contributed by atoms with Crippen molar-refractivity contribution in [3.63, 3.8) is 0 Å². The number of aliphatic hydroxyl groups excluding tert-OH is 2.